The van der Waals surface area contributed by atoms with Gasteiger partial charge in [0.05, 0.1) is 0 Å². The maximum absolute atomic E-state index is 12.9. The van der Waals surface area contributed by atoms with Crippen molar-refractivity contribution in [2.24, 2.45) is 0 Å². The molecule has 0 aromatic heterocycles. The minimum Gasteiger partial charge on any atom is -0.435 e. The van der Waals surface area contributed by atoms with Crippen LogP contribution in [0, 0.1) is 5.82 Å². The SMILES string of the molecule is O=C(Nc1ccc(F)cc1)NC1C(=O)NCC1c1ccc(OC(F)F)cc1. The number of amides is 3. The number of benzene rings is 2. The second-order valence-corrected chi connectivity index (χ2v) is 5.88. The average Bonchev–Trinajstić information content (AvgIpc) is 2.98. The molecule has 0 saturated carbocycles. The first-order chi connectivity index (χ1) is 12.9. The molecule has 2 aromatic rings. The predicted molar refractivity (Wildman–Crippen MR) is 91.2 cm³/mol. The molecule has 2 atom stereocenters. The number of hydrogen-bond acceptors (Lipinski definition) is 3. The molecule has 6 nitrogen and oxygen atoms in total. The lowest BCUT2D eigenvalue weighted by atomic mass is 9.94. The topological polar surface area (TPSA) is 79.5 Å². The van der Waals surface area contributed by atoms with E-state index in [1.165, 1.54) is 36.4 Å². The molecule has 2 aromatic carbocycles. The van der Waals surface area contributed by atoms with Crippen LogP contribution >= 0.6 is 0 Å². The summed E-state index contributed by atoms with van der Waals surface area (Å²) in [5, 5.41) is 7.76. The molecule has 0 radical (unpaired) electrons. The van der Waals surface area contributed by atoms with Crippen LogP contribution in [0.5, 0.6) is 5.75 Å². The van der Waals surface area contributed by atoms with Gasteiger partial charge in [0.2, 0.25) is 5.91 Å². The summed E-state index contributed by atoms with van der Waals surface area (Å²) in [5.41, 5.74) is 1.06. The molecule has 1 heterocycles. The van der Waals surface area contributed by atoms with Gasteiger partial charge in [0.25, 0.3) is 0 Å². The third-order valence-corrected chi connectivity index (χ3v) is 4.10. The summed E-state index contributed by atoms with van der Waals surface area (Å²) >= 11 is 0. The van der Waals surface area contributed by atoms with Crippen molar-refractivity contribution in [1.82, 2.24) is 10.6 Å². The van der Waals surface area contributed by atoms with Gasteiger partial charge in [-0.15, -0.1) is 0 Å². The fourth-order valence-corrected chi connectivity index (χ4v) is 2.84. The third-order valence-electron chi connectivity index (χ3n) is 4.10. The third kappa shape index (κ3) is 4.69. The van der Waals surface area contributed by atoms with Crippen LogP contribution in [0.2, 0.25) is 0 Å². The smallest absolute Gasteiger partial charge is 0.387 e. The highest BCUT2D eigenvalue weighted by Crippen LogP contribution is 2.26. The van der Waals surface area contributed by atoms with Gasteiger partial charge >= 0.3 is 12.6 Å². The molecule has 142 valence electrons. The van der Waals surface area contributed by atoms with Crippen molar-refractivity contribution in [2.45, 2.75) is 18.6 Å². The average molecular weight is 379 g/mol. The summed E-state index contributed by atoms with van der Waals surface area (Å²) in [4.78, 5) is 24.2. The summed E-state index contributed by atoms with van der Waals surface area (Å²) in [6, 6.07) is 9.60. The summed E-state index contributed by atoms with van der Waals surface area (Å²) in [5.74, 6) is -1.17. The Morgan fingerprint density at radius 1 is 1.11 bits per heavy atom. The van der Waals surface area contributed by atoms with Crippen LogP contribution in [0.15, 0.2) is 48.5 Å². The molecule has 0 aliphatic carbocycles. The molecule has 3 N–H and O–H groups in total. The van der Waals surface area contributed by atoms with Crippen LogP contribution in [0.3, 0.4) is 0 Å². The van der Waals surface area contributed by atoms with Crippen LogP contribution in [0.4, 0.5) is 23.7 Å². The van der Waals surface area contributed by atoms with Gasteiger partial charge in [0.15, 0.2) is 0 Å². The Morgan fingerprint density at radius 3 is 2.41 bits per heavy atom. The lowest BCUT2D eigenvalue weighted by Gasteiger charge is -2.19. The molecule has 3 amide bonds. The number of carbonyl (C=O) groups is 2. The molecule has 0 spiro atoms. The van der Waals surface area contributed by atoms with Crippen molar-refractivity contribution in [2.75, 3.05) is 11.9 Å². The molecule has 1 aliphatic heterocycles. The Balaban J connectivity index is 1.66. The molecule has 9 heteroatoms. The zero-order chi connectivity index (χ0) is 19.4. The van der Waals surface area contributed by atoms with E-state index >= 15 is 0 Å². The van der Waals surface area contributed by atoms with E-state index < -0.39 is 24.5 Å². The minimum atomic E-state index is -2.92. The molecule has 3 rings (SSSR count). The first-order valence-corrected chi connectivity index (χ1v) is 8.08. The summed E-state index contributed by atoms with van der Waals surface area (Å²) in [6.45, 7) is -2.63. The van der Waals surface area contributed by atoms with Crippen molar-refractivity contribution >= 4 is 17.6 Å². The van der Waals surface area contributed by atoms with E-state index in [2.05, 4.69) is 20.7 Å². The molecule has 1 fully saturated rings. The number of ether oxygens (including phenoxy) is 1. The Labute approximate surface area is 152 Å². The molecule has 0 bridgehead atoms. The molecular formula is C18H16F3N3O3. The Hall–Kier alpha value is -3.23. The molecule has 1 aliphatic rings. The maximum atomic E-state index is 12.9. The quantitative estimate of drug-likeness (QED) is 0.748. The van der Waals surface area contributed by atoms with Gasteiger partial charge in [-0.1, -0.05) is 12.1 Å². The fraction of sp³-hybridized carbons (Fsp3) is 0.222. The van der Waals surface area contributed by atoms with Crippen molar-refractivity contribution in [3.63, 3.8) is 0 Å². The number of urea groups is 1. The van der Waals surface area contributed by atoms with E-state index in [0.29, 0.717) is 11.3 Å². The van der Waals surface area contributed by atoms with E-state index in [0.717, 1.165) is 0 Å². The monoisotopic (exact) mass is 379 g/mol. The Morgan fingerprint density at radius 2 is 1.78 bits per heavy atom. The van der Waals surface area contributed by atoms with Gasteiger partial charge in [-0.2, -0.15) is 8.78 Å². The summed E-state index contributed by atoms with van der Waals surface area (Å²) < 4.78 is 41.7. The van der Waals surface area contributed by atoms with E-state index in [1.807, 2.05) is 0 Å². The molecule has 1 saturated heterocycles. The number of hydrogen-bond donors (Lipinski definition) is 3. The van der Waals surface area contributed by atoms with E-state index in [-0.39, 0.29) is 24.1 Å². The van der Waals surface area contributed by atoms with Crippen LogP contribution in [-0.4, -0.2) is 31.1 Å². The number of rotatable bonds is 5. The number of alkyl halides is 2. The van der Waals surface area contributed by atoms with Gasteiger partial charge in [0.1, 0.15) is 17.6 Å². The van der Waals surface area contributed by atoms with E-state index in [4.69, 9.17) is 0 Å². The maximum Gasteiger partial charge on any atom is 0.387 e. The second-order valence-electron chi connectivity index (χ2n) is 5.88. The lowest BCUT2D eigenvalue weighted by molar-refractivity contribution is -0.120. The highest BCUT2D eigenvalue weighted by Gasteiger charge is 2.36. The first-order valence-electron chi connectivity index (χ1n) is 8.08. The van der Waals surface area contributed by atoms with Crippen LogP contribution in [0.25, 0.3) is 0 Å². The van der Waals surface area contributed by atoms with Gasteiger partial charge in [-0.25, -0.2) is 9.18 Å². The van der Waals surface area contributed by atoms with Gasteiger partial charge in [-0.05, 0) is 42.0 Å². The fourth-order valence-electron chi connectivity index (χ4n) is 2.84. The van der Waals surface area contributed by atoms with Crippen molar-refractivity contribution in [3.05, 3.63) is 59.9 Å². The van der Waals surface area contributed by atoms with Crippen LogP contribution in [0.1, 0.15) is 11.5 Å². The largest absolute Gasteiger partial charge is 0.435 e. The Kier molecular flexibility index (Phi) is 5.49. The summed E-state index contributed by atoms with van der Waals surface area (Å²) in [7, 11) is 0. The number of carbonyl (C=O) groups excluding carboxylic acids is 2. The van der Waals surface area contributed by atoms with Crippen molar-refractivity contribution in [3.8, 4) is 5.75 Å². The van der Waals surface area contributed by atoms with Crippen molar-refractivity contribution < 1.29 is 27.5 Å². The standard InChI is InChI=1S/C18H16F3N3O3/c19-11-3-5-12(6-4-11)23-18(26)24-15-14(9-22-16(15)25)10-1-7-13(8-2-10)27-17(20)21/h1-8,14-15,17H,9H2,(H,22,25)(H2,23,24,26). The summed E-state index contributed by atoms with van der Waals surface area (Å²) in [6.07, 6.45) is 0. The van der Waals surface area contributed by atoms with Gasteiger partial charge in [0, 0.05) is 18.2 Å². The van der Waals surface area contributed by atoms with Gasteiger partial charge < -0.3 is 20.7 Å². The van der Waals surface area contributed by atoms with Crippen molar-refractivity contribution in [1.29, 1.82) is 0 Å². The predicted octanol–water partition coefficient (Wildman–Crippen LogP) is 2.83. The first kappa shape index (κ1) is 18.6. The normalized spacial score (nSPS) is 18.9. The molecular weight excluding hydrogens is 363 g/mol. The number of halogens is 3. The van der Waals surface area contributed by atoms with Gasteiger partial charge in [-0.3, -0.25) is 4.79 Å². The zero-order valence-electron chi connectivity index (χ0n) is 13.9. The van der Waals surface area contributed by atoms with Crippen LogP contribution in [-0.2, 0) is 4.79 Å². The lowest BCUT2D eigenvalue weighted by Crippen LogP contribution is -2.44. The number of nitrogens with one attached hydrogen (secondary N) is 3. The highest BCUT2D eigenvalue weighted by molar-refractivity contribution is 5.95. The Bertz CT molecular complexity index is 813. The number of anilines is 1. The minimum absolute atomic E-state index is 0.00425. The zero-order valence-corrected chi connectivity index (χ0v) is 13.9. The molecule has 27 heavy (non-hydrogen) atoms. The molecule has 2 unspecified atom stereocenters. The van der Waals surface area contributed by atoms with E-state index in [9.17, 15) is 22.8 Å². The van der Waals surface area contributed by atoms with Crippen LogP contribution < -0.4 is 20.7 Å². The van der Waals surface area contributed by atoms with E-state index in [1.54, 1.807) is 12.1 Å². The second kappa shape index (κ2) is 7.98. The highest BCUT2D eigenvalue weighted by atomic mass is 19.3.